The molecule has 0 bridgehead atoms. The topological polar surface area (TPSA) is 44.8 Å². The summed E-state index contributed by atoms with van der Waals surface area (Å²) in [6.45, 7) is 6.65. The van der Waals surface area contributed by atoms with Crippen molar-refractivity contribution in [1.29, 1.82) is 0 Å². The summed E-state index contributed by atoms with van der Waals surface area (Å²) in [5.41, 5.74) is 0.989. The molecule has 0 atom stereocenters. The maximum Gasteiger partial charge on any atom is 0.243 e. The first-order valence-corrected chi connectivity index (χ1v) is 9.18. The van der Waals surface area contributed by atoms with Gasteiger partial charge in [0.25, 0.3) is 0 Å². The fourth-order valence-electron chi connectivity index (χ4n) is 2.87. The van der Waals surface area contributed by atoms with Crippen LogP contribution in [0.3, 0.4) is 0 Å². The van der Waals surface area contributed by atoms with Crippen molar-refractivity contribution in [3.8, 4) is 5.75 Å². The van der Waals surface area contributed by atoms with E-state index in [1.165, 1.54) is 39.1 Å². The van der Waals surface area contributed by atoms with Crippen molar-refractivity contribution in [2.24, 2.45) is 0 Å². The van der Waals surface area contributed by atoms with Gasteiger partial charge < -0.3 is 19.9 Å². The fourth-order valence-corrected chi connectivity index (χ4v) is 2.87. The van der Waals surface area contributed by atoms with E-state index in [-0.39, 0.29) is 5.91 Å². The first kappa shape index (κ1) is 19.5. The number of amides is 1. The summed E-state index contributed by atoms with van der Waals surface area (Å²) in [6, 6.07) is 7.64. The zero-order chi connectivity index (χ0) is 17.9. The second-order valence-corrected chi connectivity index (χ2v) is 6.60. The molecule has 1 aliphatic heterocycles. The van der Waals surface area contributed by atoms with Gasteiger partial charge in [-0.3, -0.25) is 4.79 Å². The third kappa shape index (κ3) is 7.71. The van der Waals surface area contributed by atoms with E-state index in [2.05, 4.69) is 22.2 Å². The highest BCUT2D eigenvalue weighted by molar-refractivity contribution is 5.91. The molecule has 1 aromatic rings. The zero-order valence-electron chi connectivity index (χ0n) is 15.5. The fraction of sp³-hybridized carbons (Fsp3) is 0.550. The number of likely N-dealkylation sites (N-methyl/N-ethyl adjacent to an activating group) is 1. The SMILES string of the molecule is COc1ccc(/C=C/C(=O)NCCCCCN2CCN(C)CC2)cc1. The van der Waals surface area contributed by atoms with Crippen molar-refractivity contribution in [2.75, 3.05) is 53.4 Å². The number of carbonyl (C=O) groups excluding carboxylic acids is 1. The molecule has 1 amide bonds. The molecule has 1 heterocycles. The van der Waals surface area contributed by atoms with Crippen molar-refractivity contribution >= 4 is 12.0 Å². The van der Waals surface area contributed by atoms with Gasteiger partial charge in [0.15, 0.2) is 0 Å². The van der Waals surface area contributed by atoms with Crippen LogP contribution in [0.4, 0.5) is 0 Å². The van der Waals surface area contributed by atoms with E-state index in [4.69, 9.17) is 4.74 Å². The van der Waals surface area contributed by atoms with E-state index in [1.807, 2.05) is 30.3 Å². The molecular weight excluding hydrogens is 314 g/mol. The zero-order valence-corrected chi connectivity index (χ0v) is 15.5. The molecule has 1 saturated heterocycles. The monoisotopic (exact) mass is 345 g/mol. The lowest BCUT2D eigenvalue weighted by molar-refractivity contribution is -0.116. The Morgan fingerprint density at radius 2 is 1.84 bits per heavy atom. The lowest BCUT2D eigenvalue weighted by Crippen LogP contribution is -2.44. The summed E-state index contributed by atoms with van der Waals surface area (Å²) in [7, 11) is 3.83. The molecular formula is C20H31N3O2. The molecule has 1 fully saturated rings. The van der Waals surface area contributed by atoms with Gasteiger partial charge in [-0.05, 0) is 50.2 Å². The minimum absolute atomic E-state index is 0.0325. The molecule has 2 rings (SSSR count). The van der Waals surface area contributed by atoms with Crippen LogP contribution in [0, 0.1) is 0 Å². The number of nitrogens with zero attached hydrogens (tertiary/aromatic N) is 2. The molecule has 138 valence electrons. The van der Waals surface area contributed by atoms with Gasteiger partial charge in [0, 0.05) is 38.8 Å². The van der Waals surface area contributed by atoms with E-state index < -0.39 is 0 Å². The quantitative estimate of drug-likeness (QED) is 0.551. The number of carbonyl (C=O) groups is 1. The number of nitrogens with one attached hydrogen (secondary N) is 1. The number of methoxy groups -OCH3 is 1. The number of piperazine rings is 1. The standard InChI is InChI=1S/C20H31N3O2/c1-22-14-16-23(17-15-22)13-5-3-4-12-21-20(24)11-8-18-6-9-19(25-2)10-7-18/h6-11H,3-5,12-17H2,1-2H3,(H,21,24)/b11-8+. The molecule has 0 aliphatic carbocycles. The van der Waals surface area contributed by atoms with Gasteiger partial charge in [0.05, 0.1) is 7.11 Å². The van der Waals surface area contributed by atoms with Gasteiger partial charge in [-0.15, -0.1) is 0 Å². The van der Waals surface area contributed by atoms with Crippen LogP contribution in [-0.4, -0.2) is 69.1 Å². The minimum atomic E-state index is -0.0325. The average molecular weight is 345 g/mol. The summed E-state index contributed by atoms with van der Waals surface area (Å²) >= 11 is 0. The van der Waals surface area contributed by atoms with Crippen molar-refractivity contribution in [1.82, 2.24) is 15.1 Å². The highest BCUT2D eigenvalue weighted by Gasteiger charge is 2.12. The Morgan fingerprint density at radius 1 is 1.12 bits per heavy atom. The molecule has 5 heteroatoms. The molecule has 0 radical (unpaired) electrons. The third-order valence-electron chi connectivity index (χ3n) is 4.59. The molecule has 0 spiro atoms. The number of hydrogen-bond acceptors (Lipinski definition) is 4. The van der Waals surface area contributed by atoms with Crippen LogP contribution in [0.1, 0.15) is 24.8 Å². The predicted molar refractivity (Wildman–Crippen MR) is 103 cm³/mol. The molecule has 1 N–H and O–H groups in total. The summed E-state index contributed by atoms with van der Waals surface area (Å²) < 4.78 is 5.11. The average Bonchev–Trinajstić information content (AvgIpc) is 2.64. The molecule has 0 aromatic heterocycles. The van der Waals surface area contributed by atoms with Crippen molar-refractivity contribution in [2.45, 2.75) is 19.3 Å². The first-order chi connectivity index (χ1) is 12.2. The Kier molecular flexibility index (Phi) is 8.49. The van der Waals surface area contributed by atoms with E-state index in [0.717, 1.165) is 30.7 Å². The van der Waals surface area contributed by atoms with Crippen molar-refractivity contribution in [3.05, 3.63) is 35.9 Å². The molecule has 5 nitrogen and oxygen atoms in total. The second kappa shape index (κ2) is 10.9. The normalized spacial score (nSPS) is 16.2. The van der Waals surface area contributed by atoms with Gasteiger partial charge in [0.1, 0.15) is 5.75 Å². The van der Waals surface area contributed by atoms with Crippen molar-refractivity contribution in [3.63, 3.8) is 0 Å². The smallest absolute Gasteiger partial charge is 0.243 e. The van der Waals surface area contributed by atoms with E-state index in [9.17, 15) is 4.79 Å². The molecule has 1 aliphatic rings. The van der Waals surface area contributed by atoms with Crippen LogP contribution in [0.15, 0.2) is 30.3 Å². The summed E-state index contributed by atoms with van der Waals surface area (Å²) in [6.07, 6.45) is 6.82. The highest BCUT2D eigenvalue weighted by Crippen LogP contribution is 2.12. The molecule has 0 saturated carbocycles. The van der Waals surface area contributed by atoms with Crippen LogP contribution < -0.4 is 10.1 Å². The van der Waals surface area contributed by atoms with Crippen LogP contribution in [0.5, 0.6) is 5.75 Å². The van der Waals surface area contributed by atoms with Crippen LogP contribution >= 0.6 is 0 Å². The van der Waals surface area contributed by atoms with Gasteiger partial charge in [-0.2, -0.15) is 0 Å². The first-order valence-electron chi connectivity index (χ1n) is 9.18. The number of ether oxygens (including phenoxy) is 1. The minimum Gasteiger partial charge on any atom is -0.497 e. The number of rotatable bonds is 9. The Bertz CT molecular complexity index is 534. The second-order valence-electron chi connectivity index (χ2n) is 6.60. The summed E-state index contributed by atoms with van der Waals surface area (Å²) in [5, 5.41) is 2.95. The van der Waals surface area contributed by atoms with Crippen LogP contribution in [0.25, 0.3) is 6.08 Å². The van der Waals surface area contributed by atoms with Gasteiger partial charge >= 0.3 is 0 Å². The van der Waals surface area contributed by atoms with Gasteiger partial charge in [-0.25, -0.2) is 0 Å². The third-order valence-corrected chi connectivity index (χ3v) is 4.59. The maximum atomic E-state index is 11.8. The summed E-state index contributed by atoms with van der Waals surface area (Å²) in [4.78, 5) is 16.7. The molecule has 0 unspecified atom stereocenters. The molecule has 1 aromatic carbocycles. The maximum absolute atomic E-state index is 11.8. The Morgan fingerprint density at radius 3 is 2.52 bits per heavy atom. The van der Waals surface area contributed by atoms with Gasteiger partial charge in [-0.1, -0.05) is 18.6 Å². The van der Waals surface area contributed by atoms with Crippen molar-refractivity contribution < 1.29 is 9.53 Å². The Balaban J connectivity index is 1.52. The lowest BCUT2D eigenvalue weighted by Gasteiger charge is -2.32. The predicted octanol–water partition coefficient (Wildman–Crippen LogP) is 2.24. The van der Waals surface area contributed by atoms with E-state index >= 15 is 0 Å². The summed E-state index contributed by atoms with van der Waals surface area (Å²) in [5.74, 6) is 0.785. The Hall–Kier alpha value is -1.85. The largest absolute Gasteiger partial charge is 0.497 e. The van der Waals surface area contributed by atoms with Crippen LogP contribution in [-0.2, 0) is 4.79 Å². The molecule has 25 heavy (non-hydrogen) atoms. The number of unbranched alkanes of at least 4 members (excludes halogenated alkanes) is 2. The number of hydrogen-bond donors (Lipinski definition) is 1. The van der Waals surface area contributed by atoms with Gasteiger partial charge in [0.2, 0.25) is 5.91 Å². The van der Waals surface area contributed by atoms with Crippen LogP contribution in [0.2, 0.25) is 0 Å². The van der Waals surface area contributed by atoms with E-state index in [0.29, 0.717) is 0 Å². The lowest BCUT2D eigenvalue weighted by atomic mass is 10.2. The Labute approximate surface area is 151 Å². The highest BCUT2D eigenvalue weighted by atomic mass is 16.5. The van der Waals surface area contributed by atoms with E-state index in [1.54, 1.807) is 13.2 Å². The number of benzene rings is 1.